The highest BCUT2D eigenvalue weighted by atomic mass is 32.2. The number of carboxylic acid groups (broad SMARTS) is 1. The minimum atomic E-state index is -5.34. The number of anilines is 2. The molecule has 46 heavy (non-hydrogen) atoms. The molecule has 0 spiro atoms. The van der Waals surface area contributed by atoms with E-state index in [4.69, 9.17) is 4.74 Å². The Morgan fingerprint density at radius 3 is 1.59 bits per heavy atom. The van der Waals surface area contributed by atoms with Crippen molar-refractivity contribution < 1.29 is 62.6 Å². The van der Waals surface area contributed by atoms with Gasteiger partial charge in [-0.3, -0.25) is 9.44 Å². The van der Waals surface area contributed by atoms with Crippen LogP contribution in [0.25, 0.3) is 0 Å². The smallest absolute Gasteiger partial charge is 0.416 e. The number of rotatable bonds is 9. The van der Waals surface area contributed by atoms with Gasteiger partial charge in [0, 0.05) is 11.4 Å². The van der Waals surface area contributed by atoms with Crippen LogP contribution in [-0.2, 0) is 32.4 Å². The zero-order valence-electron chi connectivity index (χ0n) is 22.5. The van der Waals surface area contributed by atoms with E-state index in [2.05, 4.69) is 0 Å². The molecular formula is C28H18F6N2O8S2. The van der Waals surface area contributed by atoms with Crippen molar-refractivity contribution in [3.63, 3.8) is 0 Å². The molecule has 10 nitrogen and oxygen atoms in total. The topological polar surface area (TPSA) is 156 Å². The maximum absolute atomic E-state index is 13.7. The monoisotopic (exact) mass is 688 g/mol. The highest BCUT2D eigenvalue weighted by Crippen LogP contribution is 2.39. The summed E-state index contributed by atoms with van der Waals surface area (Å²) >= 11 is 0. The van der Waals surface area contributed by atoms with Crippen LogP contribution >= 0.6 is 0 Å². The number of hydrogen-bond acceptors (Lipinski definition) is 7. The fraction of sp³-hybridized carbons (Fsp3) is 0.0714. The van der Waals surface area contributed by atoms with E-state index >= 15 is 0 Å². The number of para-hydroxylation sites is 2. The van der Waals surface area contributed by atoms with Gasteiger partial charge in [-0.25, -0.2) is 26.4 Å². The van der Waals surface area contributed by atoms with Crippen molar-refractivity contribution in [1.82, 2.24) is 0 Å². The van der Waals surface area contributed by atoms with Crippen LogP contribution in [0.15, 0.2) is 101 Å². The van der Waals surface area contributed by atoms with E-state index < -0.39 is 82.1 Å². The molecule has 4 aromatic carbocycles. The largest absolute Gasteiger partial charge is 0.478 e. The van der Waals surface area contributed by atoms with Crippen molar-refractivity contribution in [2.24, 2.45) is 0 Å². The first kappa shape index (κ1) is 33.8. The third-order valence-electron chi connectivity index (χ3n) is 5.95. The average molecular weight is 689 g/mol. The van der Waals surface area contributed by atoms with Gasteiger partial charge in [-0.15, -0.1) is 0 Å². The van der Waals surface area contributed by atoms with Gasteiger partial charge in [-0.05, 0) is 54.6 Å². The Hall–Kier alpha value is -5.10. The van der Waals surface area contributed by atoms with Gasteiger partial charge in [-0.1, -0.05) is 36.4 Å². The first-order chi connectivity index (χ1) is 21.3. The molecule has 0 aliphatic rings. The second-order valence-corrected chi connectivity index (χ2v) is 12.5. The maximum Gasteiger partial charge on any atom is 0.416 e. The second kappa shape index (κ2) is 12.4. The number of benzene rings is 4. The molecule has 18 heteroatoms. The second-order valence-electron chi connectivity index (χ2n) is 9.20. The molecule has 0 heterocycles. The summed E-state index contributed by atoms with van der Waals surface area (Å²) in [5, 5.41) is 9.67. The average Bonchev–Trinajstić information content (AvgIpc) is 2.96. The number of sulfonamides is 2. The van der Waals surface area contributed by atoms with Gasteiger partial charge in [0.15, 0.2) is 5.75 Å². The predicted molar refractivity (Wildman–Crippen MR) is 149 cm³/mol. The third kappa shape index (κ3) is 7.57. The number of aromatic carboxylic acids is 1. The standard InChI is InChI=1S/C28H18F6N2O8S2/c29-27(30,31)16-11-12-23(45(40,41)35-18-7-3-1-4-8-18)20(13-16)26(39)44-22-15-17(28(32,33)34)14-21(25(37)38)24(22)46(42,43)36-19-9-5-2-6-10-19/h1-15,35-36H,(H,37,38). The van der Waals surface area contributed by atoms with E-state index in [0.29, 0.717) is 12.1 Å². The molecule has 0 saturated carbocycles. The molecule has 0 unspecified atom stereocenters. The first-order valence-electron chi connectivity index (χ1n) is 12.4. The molecule has 4 rings (SSSR count). The number of halogens is 6. The molecular weight excluding hydrogens is 670 g/mol. The Labute approximate surface area is 256 Å². The van der Waals surface area contributed by atoms with Gasteiger partial charge in [0.25, 0.3) is 20.0 Å². The normalized spacial score (nSPS) is 12.3. The number of carboxylic acids is 1. The van der Waals surface area contributed by atoms with Crippen LogP contribution in [0.4, 0.5) is 37.7 Å². The van der Waals surface area contributed by atoms with Crippen LogP contribution in [0.2, 0.25) is 0 Å². The van der Waals surface area contributed by atoms with Crippen molar-refractivity contribution >= 4 is 43.4 Å². The Morgan fingerprint density at radius 1 is 0.630 bits per heavy atom. The van der Waals surface area contributed by atoms with Crippen LogP contribution in [0, 0.1) is 0 Å². The Kier molecular flexibility index (Phi) is 9.08. The zero-order chi connectivity index (χ0) is 34.1. The molecule has 0 aliphatic heterocycles. The summed E-state index contributed by atoms with van der Waals surface area (Å²) in [5.74, 6) is -5.85. The quantitative estimate of drug-likeness (QED) is 0.106. The minimum Gasteiger partial charge on any atom is -0.478 e. The molecule has 0 saturated heterocycles. The van der Waals surface area contributed by atoms with Crippen LogP contribution in [0.1, 0.15) is 31.8 Å². The van der Waals surface area contributed by atoms with Crippen LogP contribution in [0.3, 0.4) is 0 Å². The van der Waals surface area contributed by atoms with Crippen molar-refractivity contribution in [1.29, 1.82) is 0 Å². The van der Waals surface area contributed by atoms with Crippen molar-refractivity contribution in [3.05, 3.63) is 113 Å². The lowest BCUT2D eigenvalue weighted by Gasteiger charge is -2.18. The molecule has 0 amide bonds. The summed E-state index contributed by atoms with van der Waals surface area (Å²) in [6.45, 7) is 0. The van der Waals surface area contributed by atoms with Crippen molar-refractivity contribution in [2.45, 2.75) is 22.1 Å². The molecule has 0 aromatic heterocycles. The van der Waals surface area contributed by atoms with E-state index in [0.717, 1.165) is 0 Å². The van der Waals surface area contributed by atoms with E-state index in [1.165, 1.54) is 60.7 Å². The summed E-state index contributed by atoms with van der Waals surface area (Å²) in [6.07, 6.45) is -10.5. The number of nitrogens with one attached hydrogen (secondary N) is 2. The molecule has 242 valence electrons. The number of hydrogen-bond donors (Lipinski definition) is 3. The van der Waals surface area contributed by atoms with Crippen LogP contribution in [0.5, 0.6) is 5.75 Å². The van der Waals surface area contributed by atoms with Gasteiger partial charge < -0.3 is 9.84 Å². The number of carbonyl (C=O) groups is 2. The molecule has 0 atom stereocenters. The summed E-state index contributed by atoms with van der Waals surface area (Å²) in [6, 6.07) is 14.0. The van der Waals surface area contributed by atoms with Gasteiger partial charge in [0.2, 0.25) is 0 Å². The fourth-order valence-electron chi connectivity index (χ4n) is 3.96. The zero-order valence-corrected chi connectivity index (χ0v) is 24.2. The first-order valence-corrected chi connectivity index (χ1v) is 15.3. The number of alkyl halides is 6. The third-order valence-corrected chi connectivity index (χ3v) is 8.85. The molecule has 0 fully saturated rings. The highest BCUT2D eigenvalue weighted by Gasteiger charge is 2.39. The van der Waals surface area contributed by atoms with Crippen molar-refractivity contribution in [2.75, 3.05) is 9.44 Å². The number of ether oxygens (including phenoxy) is 1. The van der Waals surface area contributed by atoms with Gasteiger partial charge in [0.1, 0.15) is 9.79 Å². The van der Waals surface area contributed by atoms with E-state index in [1.54, 1.807) is 0 Å². The van der Waals surface area contributed by atoms with E-state index in [9.17, 15) is 57.9 Å². The molecule has 4 aromatic rings. The van der Waals surface area contributed by atoms with E-state index in [1.807, 2.05) is 9.44 Å². The molecule has 0 aliphatic carbocycles. The maximum atomic E-state index is 13.7. The predicted octanol–water partition coefficient (Wildman–Crippen LogP) is 6.24. The lowest BCUT2D eigenvalue weighted by Crippen LogP contribution is -2.23. The molecule has 0 radical (unpaired) electrons. The van der Waals surface area contributed by atoms with Gasteiger partial charge in [0.05, 0.1) is 22.3 Å². The van der Waals surface area contributed by atoms with Crippen LogP contribution in [-0.4, -0.2) is 33.9 Å². The van der Waals surface area contributed by atoms with Crippen LogP contribution < -0.4 is 14.2 Å². The van der Waals surface area contributed by atoms with Gasteiger partial charge in [-0.2, -0.15) is 26.3 Å². The van der Waals surface area contributed by atoms with Gasteiger partial charge >= 0.3 is 24.3 Å². The SMILES string of the molecule is O=C(Oc1cc(C(F)(F)F)cc(C(=O)O)c1S(=O)(=O)Nc1ccccc1)c1cc(C(F)(F)F)ccc1S(=O)(=O)Nc1ccccc1. The van der Waals surface area contributed by atoms with E-state index in [-0.39, 0.29) is 29.6 Å². The molecule has 3 N–H and O–H groups in total. The number of carbonyl (C=O) groups excluding carboxylic acids is 1. The summed E-state index contributed by atoms with van der Waals surface area (Å²) in [4.78, 5) is 22.7. The lowest BCUT2D eigenvalue weighted by atomic mass is 10.1. The fourth-order valence-corrected chi connectivity index (χ4v) is 6.55. The summed E-state index contributed by atoms with van der Waals surface area (Å²) in [7, 11) is -10.1. The number of esters is 1. The Balaban J connectivity index is 1.93. The highest BCUT2D eigenvalue weighted by molar-refractivity contribution is 7.93. The Bertz CT molecular complexity index is 2020. The lowest BCUT2D eigenvalue weighted by molar-refractivity contribution is -0.138. The summed E-state index contributed by atoms with van der Waals surface area (Å²) in [5.41, 5.74) is -6.57. The molecule has 0 bridgehead atoms. The van der Waals surface area contributed by atoms with Crippen molar-refractivity contribution in [3.8, 4) is 5.75 Å². The Morgan fingerprint density at radius 2 is 1.11 bits per heavy atom. The minimum absolute atomic E-state index is 0.0317. The summed E-state index contributed by atoms with van der Waals surface area (Å²) < 4.78 is 144.